The van der Waals surface area contributed by atoms with Crippen LogP contribution in [0.3, 0.4) is 0 Å². The molecule has 9 nitrogen and oxygen atoms in total. The second-order valence-corrected chi connectivity index (χ2v) is 8.86. The normalized spacial score (nSPS) is 15.7. The number of halogens is 4. The van der Waals surface area contributed by atoms with Crippen molar-refractivity contribution in [3.05, 3.63) is 47.5 Å². The Morgan fingerprint density at radius 1 is 1.29 bits per heavy atom. The van der Waals surface area contributed by atoms with E-state index in [1.807, 2.05) is 0 Å². The number of piperidine rings is 1. The molecule has 0 aliphatic carbocycles. The first-order valence-electron chi connectivity index (χ1n) is 10.4. The van der Waals surface area contributed by atoms with Crippen LogP contribution in [0.25, 0.3) is 0 Å². The number of nitrogens with one attached hydrogen (secondary N) is 1. The van der Waals surface area contributed by atoms with Crippen LogP contribution in [0.1, 0.15) is 23.2 Å². The van der Waals surface area contributed by atoms with E-state index in [-0.39, 0.29) is 35.8 Å². The third kappa shape index (κ3) is 6.54. The van der Waals surface area contributed by atoms with Crippen LogP contribution in [-0.4, -0.2) is 49.3 Å². The molecule has 0 saturated carbocycles. The standard InChI is InChI=1S/C21H25F4N7O2S/c1-31(27)20(29-26)35-17-5-4-12(30-34-2)8-14(17)19(33)28-18-15(22)9-13(10-16(18)23)32-7-3-6-21(24,25)11-32/h4-5,8-10,30H,3,6-7,11,26-27H2,1-2H3,(H,28,33)/p+1/b29-20+. The highest BCUT2D eigenvalue weighted by atomic mass is 32.2. The largest absolute Gasteiger partial charge is 0.365 e. The molecule has 190 valence electrons. The number of alkyl halides is 2. The van der Waals surface area contributed by atoms with Gasteiger partial charge in [-0.05, 0) is 36.4 Å². The average Bonchev–Trinajstić information content (AvgIpc) is 2.79. The molecule has 0 radical (unpaired) electrons. The number of anilines is 2. The van der Waals surface area contributed by atoms with Gasteiger partial charge in [-0.25, -0.2) is 28.2 Å². The Morgan fingerprint density at radius 2 is 1.97 bits per heavy atom. The fourth-order valence-electron chi connectivity index (χ4n) is 3.54. The first kappa shape index (κ1) is 26.5. The average molecular weight is 517 g/mol. The molecule has 0 atom stereocenters. The topological polar surface area (TPSA) is 126 Å². The minimum absolute atomic E-state index is 0.0277. The Labute approximate surface area is 203 Å². The van der Waals surface area contributed by atoms with Crippen LogP contribution in [0.4, 0.5) is 34.6 Å². The summed E-state index contributed by atoms with van der Waals surface area (Å²) in [5.41, 5.74) is 1.20. The summed E-state index contributed by atoms with van der Waals surface area (Å²) < 4.78 is 57.2. The highest BCUT2D eigenvalue weighted by Gasteiger charge is 2.35. The molecule has 0 aromatic heterocycles. The quantitative estimate of drug-likeness (QED) is 0.0883. The Hall–Kier alpha value is -3.07. The van der Waals surface area contributed by atoms with E-state index in [4.69, 9.17) is 16.5 Å². The first-order valence-corrected chi connectivity index (χ1v) is 11.2. The van der Waals surface area contributed by atoms with Gasteiger partial charge in [0.1, 0.15) is 5.69 Å². The first-order chi connectivity index (χ1) is 16.5. The van der Waals surface area contributed by atoms with Crippen LogP contribution >= 0.6 is 11.8 Å². The van der Waals surface area contributed by atoms with Crippen molar-refractivity contribution in [3.63, 3.8) is 0 Å². The Kier molecular flexibility index (Phi) is 8.43. The lowest BCUT2D eigenvalue weighted by atomic mass is 10.1. The van der Waals surface area contributed by atoms with E-state index < -0.39 is 35.7 Å². The highest BCUT2D eigenvalue weighted by molar-refractivity contribution is 8.13. The van der Waals surface area contributed by atoms with Crippen molar-refractivity contribution in [2.24, 2.45) is 16.8 Å². The molecule has 0 bridgehead atoms. The molecule has 1 amide bonds. The monoisotopic (exact) mass is 516 g/mol. The summed E-state index contributed by atoms with van der Waals surface area (Å²) in [7, 11) is 2.92. The molecule has 0 unspecified atom stereocenters. The molecule has 14 heteroatoms. The van der Waals surface area contributed by atoms with E-state index in [9.17, 15) is 22.4 Å². The number of nitrogens with zero attached hydrogens (tertiary/aromatic N) is 3. The van der Waals surface area contributed by atoms with Gasteiger partial charge in [-0.2, -0.15) is 10.6 Å². The maximum absolute atomic E-state index is 14.8. The summed E-state index contributed by atoms with van der Waals surface area (Å²) in [6.07, 6.45) is -0.0882. The van der Waals surface area contributed by atoms with E-state index >= 15 is 0 Å². The number of carbonyl (C=O) groups excluding carboxylic acids is 1. The van der Waals surface area contributed by atoms with Gasteiger partial charge in [0.05, 0.1) is 19.2 Å². The number of nitrogens with two attached hydrogens (primary N) is 3. The van der Waals surface area contributed by atoms with Crippen LogP contribution in [-0.2, 0) is 4.84 Å². The van der Waals surface area contributed by atoms with E-state index in [0.29, 0.717) is 10.6 Å². The molecular formula is C21H26F4N7O2S+. The third-order valence-corrected chi connectivity index (χ3v) is 6.29. The Morgan fingerprint density at radius 3 is 2.54 bits per heavy atom. The SMILES string of the molecule is CO[NH2+]c1ccc(S/C(=N/N)N(C)N)c(C(=O)Nc2c(F)cc(N3CCCC(F)(F)C3)cc2F)c1. The van der Waals surface area contributed by atoms with Gasteiger partial charge in [-0.15, -0.1) is 0 Å². The number of amides is 1. The molecule has 1 heterocycles. The summed E-state index contributed by atoms with van der Waals surface area (Å²) in [5.74, 6) is 5.06. The number of hydrogen-bond donors (Lipinski definition) is 4. The fourth-order valence-corrected chi connectivity index (χ4v) is 4.33. The van der Waals surface area contributed by atoms with E-state index in [0.717, 1.165) is 28.9 Å². The Balaban J connectivity index is 1.90. The molecular weight excluding hydrogens is 490 g/mol. The van der Waals surface area contributed by atoms with Crippen molar-refractivity contribution in [1.29, 1.82) is 0 Å². The predicted molar refractivity (Wildman–Crippen MR) is 125 cm³/mol. The number of hydrazine groups is 1. The highest BCUT2D eigenvalue weighted by Crippen LogP contribution is 2.33. The zero-order valence-electron chi connectivity index (χ0n) is 19.0. The fraction of sp³-hybridized carbons (Fsp3) is 0.333. The van der Waals surface area contributed by atoms with Crippen molar-refractivity contribution < 1.29 is 32.7 Å². The molecule has 1 saturated heterocycles. The maximum Gasteiger partial charge on any atom is 0.265 e. The number of rotatable bonds is 6. The Bertz CT molecular complexity index is 1090. The van der Waals surface area contributed by atoms with E-state index in [2.05, 4.69) is 10.4 Å². The number of carbonyl (C=O) groups is 1. The second-order valence-electron chi connectivity index (χ2n) is 7.85. The molecule has 2 aromatic carbocycles. The van der Waals surface area contributed by atoms with Gasteiger partial charge in [-0.3, -0.25) is 9.80 Å². The summed E-state index contributed by atoms with van der Waals surface area (Å²) in [4.78, 5) is 19.6. The number of hydrogen-bond acceptors (Lipinski definition) is 7. The van der Waals surface area contributed by atoms with Crippen molar-refractivity contribution in [2.45, 2.75) is 23.7 Å². The zero-order chi connectivity index (χ0) is 25.8. The summed E-state index contributed by atoms with van der Waals surface area (Å²) >= 11 is 0.964. The van der Waals surface area contributed by atoms with Crippen LogP contribution in [0.5, 0.6) is 0 Å². The lowest BCUT2D eigenvalue weighted by Gasteiger charge is -2.34. The molecule has 1 fully saturated rings. The van der Waals surface area contributed by atoms with Crippen molar-refractivity contribution in [2.75, 3.05) is 37.5 Å². The van der Waals surface area contributed by atoms with Gasteiger partial charge in [0.2, 0.25) is 5.17 Å². The zero-order valence-corrected chi connectivity index (χ0v) is 19.8. The number of thioether (sulfide) groups is 1. The molecule has 35 heavy (non-hydrogen) atoms. The second kappa shape index (κ2) is 11.1. The van der Waals surface area contributed by atoms with Crippen molar-refractivity contribution in [3.8, 4) is 0 Å². The van der Waals surface area contributed by atoms with Crippen LogP contribution in [0.15, 0.2) is 40.3 Å². The van der Waals surface area contributed by atoms with Gasteiger partial charge in [-0.1, -0.05) is 0 Å². The number of quaternary nitrogens is 1. The van der Waals surface area contributed by atoms with Crippen molar-refractivity contribution >= 4 is 39.9 Å². The third-order valence-electron chi connectivity index (χ3n) is 5.14. The molecule has 2 aromatic rings. The minimum Gasteiger partial charge on any atom is -0.365 e. The predicted octanol–water partition coefficient (Wildman–Crippen LogP) is 2.34. The summed E-state index contributed by atoms with van der Waals surface area (Å²) in [6, 6.07) is 6.52. The molecule has 3 rings (SSSR count). The number of hydrazone groups is 1. The molecule has 7 N–H and O–H groups in total. The number of benzene rings is 2. The van der Waals surface area contributed by atoms with Crippen molar-refractivity contribution in [1.82, 2.24) is 5.01 Å². The van der Waals surface area contributed by atoms with E-state index in [1.54, 1.807) is 12.1 Å². The van der Waals surface area contributed by atoms with Crippen LogP contribution in [0.2, 0.25) is 0 Å². The summed E-state index contributed by atoms with van der Waals surface area (Å²) in [6.45, 7) is -0.397. The van der Waals surface area contributed by atoms with Gasteiger partial charge in [0.15, 0.2) is 17.3 Å². The van der Waals surface area contributed by atoms with Crippen LogP contribution < -0.4 is 27.4 Å². The van der Waals surface area contributed by atoms with Gasteiger partial charge < -0.3 is 16.1 Å². The van der Waals surface area contributed by atoms with Gasteiger partial charge in [0, 0.05) is 42.7 Å². The lowest BCUT2D eigenvalue weighted by molar-refractivity contribution is -0.830. The smallest absolute Gasteiger partial charge is 0.265 e. The minimum atomic E-state index is -2.94. The van der Waals surface area contributed by atoms with Gasteiger partial charge >= 0.3 is 0 Å². The van der Waals surface area contributed by atoms with Crippen LogP contribution in [0, 0.1) is 11.6 Å². The maximum atomic E-state index is 14.8. The van der Waals surface area contributed by atoms with Gasteiger partial charge in [0.25, 0.3) is 11.8 Å². The van der Waals surface area contributed by atoms with E-state index in [1.165, 1.54) is 30.6 Å². The number of amidine groups is 1. The lowest BCUT2D eigenvalue weighted by Crippen LogP contribution is -2.75. The molecule has 0 spiro atoms. The summed E-state index contributed by atoms with van der Waals surface area (Å²) in [5, 5.41) is 7.10. The molecule has 1 aliphatic rings. The molecule has 1 aliphatic heterocycles.